The van der Waals surface area contributed by atoms with Crippen LogP contribution in [0, 0.1) is 0 Å². The van der Waals surface area contributed by atoms with Gasteiger partial charge in [-0.1, -0.05) is 36.4 Å². The van der Waals surface area contributed by atoms with E-state index in [0.29, 0.717) is 19.6 Å². The fourth-order valence-electron chi connectivity index (χ4n) is 3.67. The Hall–Kier alpha value is -2.82. The van der Waals surface area contributed by atoms with E-state index in [0.717, 1.165) is 17.5 Å². The Morgan fingerprint density at radius 3 is 2.32 bits per heavy atom. The Kier molecular flexibility index (Phi) is 3.92. The first-order valence-corrected chi connectivity index (χ1v) is 8.71. The lowest BCUT2D eigenvalue weighted by molar-refractivity contribution is -0.132. The summed E-state index contributed by atoms with van der Waals surface area (Å²) >= 11 is 0. The van der Waals surface area contributed by atoms with Gasteiger partial charge in [0.2, 0.25) is 5.91 Å². The molecule has 3 aromatic rings. The molecule has 1 aliphatic rings. The van der Waals surface area contributed by atoms with Crippen molar-refractivity contribution in [2.45, 2.75) is 33.0 Å². The van der Waals surface area contributed by atoms with Gasteiger partial charge in [-0.25, -0.2) is 4.79 Å². The van der Waals surface area contributed by atoms with E-state index >= 15 is 0 Å². The van der Waals surface area contributed by atoms with Gasteiger partial charge in [0.1, 0.15) is 6.54 Å². The van der Waals surface area contributed by atoms with E-state index in [2.05, 4.69) is 12.1 Å². The topological polar surface area (TPSA) is 47.2 Å². The number of hydrogen-bond donors (Lipinski definition) is 0. The fourth-order valence-corrected chi connectivity index (χ4v) is 3.67. The maximum Gasteiger partial charge on any atom is 0.329 e. The smallest absolute Gasteiger partial charge is 0.329 e. The van der Waals surface area contributed by atoms with E-state index in [1.54, 1.807) is 9.13 Å². The van der Waals surface area contributed by atoms with Crippen molar-refractivity contribution in [1.82, 2.24) is 14.0 Å². The van der Waals surface area contributed by atoms with Crippen LogP contribution in [0.2, 0.25) is 0 Å². The number of hydrogen-bond acceptors (Lipinski definition) is 2. The molecule has 0 fully saturated rings. The molecule has 1 aliphatic heterocycles. The largest absolute Gasteiger partial charge is 0.336 e. The molecular weight excluding hydrogens is 314 g/mol. The molecule has 4 rings (SSSR count). The SMILES string of the molecule is CCn1c(=O)n(CC(=O)N2CCc3ccccc3C2)c2ccccc21. The zero-order chi connectivity index (χ0) is 17.4. The van der Waals surface area contributed by atoms with Crippen LogP contribution in [0.5, 0.6) is 0 Å². The maximum atomic E-state index is 12.8. The molecule has 5 heteroatoms. The van der Waals surface area contributed by atoms with Crippen molar-refractivity contribution in [2.75, 3.05) is 6.54 Å². The number of para-hydroxylation sites is 2. The maximum absolute atomic E-state index is 12.8. The first-order chi connectivity index (χ1) is 12.2. The Balaban J connectivity index is 1.63. The van der Waals surface area contributed by atoms with Crippen molar-refractivity contribution in [3.8, 4) is 0 Å². The molecule has 0 bridgehead atoms. The molecule has 25 heavy (non-hydrogen) atoms. The van der Waals surface area contributed by atoms with E-state index < -0.39 is 0 Å². The number of nitrogens with zero attached hydrogens (tertiary/aromatic N) is 3. The normalized spacial score (nSPS) is 13.9. The first kappa shape index (κ1) is 15.7. The number of imidazole rings is 1. The summed E-state index contributed by atoms with van der Waals surface area (Å²) in [5, 5.41) is 0. The van der Waals surface area contributed by atoms with E-state index in [1.807, 2.05) is 48.2 Å². The van der Waals surface area contributed by atoms with Gasteiger partial charge in [0.15, 0.2) is 0 Å². The van der Waals surface area contributed by atoms with Gasteiger partial charge >= 0.3 is 5.69 Å². The quantitative estimate of drug-likeness (QED) is 0.738. The van der Waals surface area contributed by atoms with Crippen LogP contribution in [0.4, 0.5) is 0 Å². The average molecular weight is 335 g/mol. The van der Waals surface area contributed by atoms with Gasteiger partial charge in [-0.05, 0) is 36.6 Å². The summed E-state index contributed by atoms with van der Waals surface area (Å²) in [6, 6.07) is 15.9. The number of carbonyl (C=O) groups is 1. The lowest BCUT2D eigenvalue weighted by atomic mass is 10.00. The van der Waals surface area contributed by atoms with Gasteiger partial charge in [0, 0.05) is 19.6 Å². The summed E-state index contributed by atoms with van der Waals surface area (Å²) in [5.74, 6) is -0.00407. The second-order valence-corrected chi connectivity index (χ2v) is 6.44. The zero-order valence-corrected chi connectivity index (χ0v) is 14.3. The van der Waals surface area contributed by atoms with Crippen LogP contribution in [-0.2, 0) is 30.8 Å². The van der Waals surface area contributed by atoms with Crippen LogP contribution in [0.15, 0.2) is 53.3 Å². The molecule has 0 saturated heterocycles. The summed E-state index contributed by atoms with van der Waals surface area (Å²) in [4.78, 5) is 27.4. The number of amides is 1. The summed E-state index contributed by atoms with van der Waals surface area (Å²) < 4.78 is 3.32. The second-order valence-electron chi connectivity index (χ2n) is 6.44. The molecule has 0 unspecified atom stereocenters. The summed E-state index contributed by atoms with van der Waals surface area (Å²) in [5.41, 5.74) is 4.10. The third-order valence-electron chi connectivity index (χ3n) is 5.02. The lowest BCUT2D eigenvalue weighted by Gasteiger charge is -2.29. The molecule has 0 atom stereocenters. The molecule has 5 nitrogen and oxygen atoms in total. The second kappa shape index (κ2) is 6.24. The Morgan fingerprint density at radius 1 is 0.960 bits per heavy atom. The highest BCUT2D eigenvalue weighted by Gasteiger charge is 2.22. The van der Waals surface area contributed by atoms with E-state index in [-0.39, 0.29) is 18.1 Å². The number of aryl methyl sites for hydroxylation is 1. The van der Waals surface area contributed by atoms with Crippen molar-refractivity contribution < 1.29 is 4.79 Å². The number of aromatic nitrogens is 2. The minimum absolute atomic E-state index is 0.00407. The summed E-state index contributed by atoms with van der Waals surface area (Å²) in [6.45, 7) is 3.96. The molecule has 0 aliphatic carbocycles. The standard InChI is InChI=1S/C20H21N3O2/c1-2-22-17-9-5-6-10-18(17)23(20(22)25)14-19(24)21-12-11-15-7-3-4-8-16(15)13-21/h3-10H,2,11-14H2,1H3. The molecule has 1 aromatic heterocycles. The van der Waals surface area contributed by atoms with Crippen molar-refractivity contribution in [2.24, 2.45) is 0 Å². The van der Waals surface area contributed by atoms with Gasteiger partial charge in [0.05, 0.1) is 11.0 Å². The zero-order valence-electron chi connectivity index (χ0n) is 14.3. The highest BCUT2D eigenvalue weighted by atomic mass is 16.2. The molecule has 128 valence electrons. The minimum atomic E-state index is -0.116. The third-order valence-corrected chi connectivity index (χ3v) is 5.02. The third kappa shape index (κ3) is 2.65. The van der Waals surface area contributed by atoms with Gasteiger partial charge in [0.25, 0.3) is 0 Å². The van der Waals surface area contributed by atoms with Crippen LogP contribution >= 0.6 is 0 Å². The highest BCUT2D eigenvalue weighted by Crippen LogP contribution is 2.19. The number of fused-ring (bicyclic) bond motifs is 2. The molecule has 0 radical (unpaired) electrons. The van der Waals surface area contributed by atoms with Crippen molar-refractivity contribution in [1.29, 1.82) is 0 Å². The van der Waals surface area contributed by atoms with Crippen molar-refractivity contribution >= 4 is 16.9 Å². The predicted molar refractivity (Wildman–Crippen MR) is 97.4 cm³/mol. The molecular formula is C20H21N3O2. The molecule has 0 saturated carbocycles. The minimum Gasteiger partial charge on any atom is -0.336 e. The molecule has 1 amide bonds. The van der Waals surface area contributed by atoms with Gasteiger partial charge in [-0.3, -0.25) is 13.9 Å². The average Bonchev–Trinajstić information content (AvgIpc) is 2.92. The number of benzene rings is 2. The van der Waals surface area contributed by atoms with Gasteiger partial charge in [-0.15, -0.1) is 0 Å². The Morgan fingerprint density at radius 2 is 1.60 bits per heavy atom. The van der Waals surface area contributed by atoms with Gasteiger partial charge in [-0.2, -0.15) is 0 Å². The number of carbonyl (C=O) groups excluding carboxylic acids is 1. The van der Waals surface area contributed by atoms with E-state index in [4.69, 9.17) is 0 Å². The number of rotatable bonds is 3. The predicted octanol–water partition coefficient (Wildman–Crippen LogP) is 2.41. The summed E-state index contributed by atoms with van der Waals surface area (Å²) in [6.07, 6.45) is 0.869. The van der Waals surface area contributed by atoms with E-state index in [1.165, 1.54) is 11.1 Å². The van der Waals surface area contributed by atoms with Crippen LogP contribution in [0.25, 0.3) is 11.0 Å². The highest BCUT2D eigenvalue weighted by molar-refractivity contribution is 5.81. The summed E-state index contributed by atoms with van der Waals surface area (Å²) in [7, 11) is 0. The fraction of sp³-hybridized carbons (Fsp3) is 0.300. The lowest BCUT2D eigenvalue weighted by Crippen LogP contribution is -2.39. The van der Waals surface area contributed by atoms with Crippen LogP contribution in [-0.4, -0.2) is 26.5 Å². The van der Waals surface area contributed by atoms with Crippen LogP contribution < -0.4 is 5.69 Å². The van der Waals surface area contributed by atoms with E-state index in [9.17, 15) is 9.59 Å². The first-order valence-electron chi connectivity index (χ1n) is 8.71. The van der Waals surface area contributed by atoms with Crippen LogP contribution in [0.3, 0.4) is 0 Å². The molecule has 0 N–H and O–H groups in total. The Bertz CT molecular complexity index is 1000. The van der Waals surface area contributed by atoms with Crippen LogP contribution in [0.1, 0.15) is 18.1 Å². The monoisotopic (exact) mass is 335 g/mol. The molecule has 0 spiro atoms. The van der Waals surface area contributed by atoms with Crippen molar-refractivity contribution in [3.05, 3.63) is 70.1 Å². The van der Waals surface area contributed by atoms with Crippen molar-refractivity contribution in [3.63, 3.8) is 0 Å². The Labute approximate surface area is 146 Å². The molecule has 2 aromatic carbocycles. The molecule has 2 heterocycles. The van der Waals surface area contributed by atoms with Gasteiger partial charge < -0.3 is 4.90 Å².